The molecule has 1 saturated heterocycles. The van der Waals surface area contributed by atoms with Gasteiger partial charge in [0.25, 0.3) is 0 Å². The summed E-state index contributed by atoms with van der Waals surface area (Å²) in [5.74, 6) is -2.87. The average molecular weight is 829 g/mol. The first kappa shape index (κ1) is 45.9. The average Bonchev–Trinajstić information content (AvgIpc) is 3.29. The summed E-state index contributed by atoms with van der Waals surface area (Å²) in [5.41, 5.74) is 18.3. The summed E-state index contributed by atoms with van der Waals surface area (Å²) in [4.78, 5) is 69.2. The van der Waals surface area contributed by atoms with Gasteiger partial charge in [-0.2, -0.15) is 0 Å². The van der Waals surface area contributed by atoms with Gasteiger partial charge in [-0.3, -0.25) is 24.0 Å². The molecule has 61 heavy (non-hydrogen) atoms. The Bertz CT molecular complexity index is 2230. The van der Waals surface area contributed by atoms with Crippen molar-refractivity contribution < 1.29 is 24.0 Å². The Balaban J connectivity index is 0.00000347. The molecule has 1 aliphatic heterocycles. The van der Waals surface area contributed by atoms with E-state index in [1.807, 2.05) is 115 Å². The van der Waals surface area contributed by atoms with Crippen molar-refractivity contribution in [2.75, 3.05) is 26.7 Å². The lowest BCUT2D eigenvalue weighted by molar-refractivity contribution is -0.135. The van der Waals surface area contributed by atoms with Gasteiger partial charge in [0.15, 0.2) is 0 Å². The van der Waals surface area contributed by atoms with Crippen LogP contribution in [0.25, 0.3) is 21.5 Å². The summed E-state index contributed by atoms with van der Waals surface area (Å²) in [7, 11) is 1.50. The van der Waals surface area contributed by atoms with E-state index in [1.165, 1.54) is 7.05 Å². The van der Waals surface area contributed by atoms with E-state index >= 15 is 0 Å². The molecule has 4 atom stereocenters. The van der Waals surface area contributed by atoms with Crippen LogP contribution < -0.4 is 43.8 Å². The molecule has 322 valence electrons. The number of benzene rings is 5. The van der Waals surface area contributed by atoms with Crippen LogP contribution in [0.3, 0.4) is 0 Å². The van der Waals surface area contributed by atoms with Gasteiger partial charge < -0.3 is 43.8 Å². The second-order valence-electron chi connectivity index (χ2n) is 15.4. The molecular formula is C48H60N8O5. The summed E-state index contributed by atoms with van der Waals surface area (Å²) in [6, 6.07) is 32.5. The Hall–Kier alpha value is -6.15. The molecule has 0 saturated carbocycles. The molecule has 0 spiro atoms. The van der Waals surface area contributed by atoms with Gasteiger partial charge in [0.05, 0.1) is 0 Å². The van der Waals surface area contributed by atoms with Crippen LogP contribution in [0.4, 0.5) is 0 Å². The lowest BCUT2D eigenvalue weighted by Crippen LogP contribution is -2.59. The number of amides is 5. The van der Waals surface area contributed by atoms with Crippen molar-refractivity contribution in [3.05, 3.63) is 132 Å². The van der Waals surface area contributed by atoms with E-state index in [-0.39, 0.29) is 31.1 Å². The molecular weight excluding hydrogens is 769 g/mol. The molecule has 13 nitrogen and oxygen atoms in total. The maximum Gasteiger partial charge on any atom is 0.243 e. The zero-order valence-electron chi connectivity index (χ0n) is 34.9. The number of piperidine rings is 1. The molecule has 5 aromatic carbocycles. The van der Waals surface area contributed by atoms with Gasteiger partial charge in [0, 0.05) is 25.2 Å². The number of hydrogen-bond donors (Lipinski definition) is 8. The smallest absolute Gasteiger partial charge is 0.243 e. The monoisotopic (exact) mass is 828 g/mol. The minimum absolute atomic E-state index is 0.0933. The van der Waals surface area contributed by atoms with Crippen molar-refractivity contribution >= 4 is 51.1 Å². The second kappa shape index (κ2) is 23.6. The fourth-order valence-corrected chi connectivity index (χ4v) is 7.65. The molecule has 1 aliphatic rings. The maximum absolute atomic E-state index is 14.6. The Kier molecular flexibility index (Phi) is 17.8. The molecule has 1 fully saturated rings. The van der Waals surface area contributed by atoms with E-state index in [9.17, 15) is 24.0 Å². The lowest BCUT2D eigenvalue weighted by Gasteiger charge is -2.28. The largest absolute Gasteiger partial charge is 0.368 e. The SMILES string of the molecule is CN.NCCCC[C@H](NC(=O)[C@H](Cc1ccccc1)NC(=O)[C@@H](Cc1ccc2ccccc2c1)NC(=O)[C@@H](Cc1ccc2ccccc2c1)NC(=O)C1CCNCC1)C(N)=O. The molecule has 1 heterocycles. The first-order valence-electron chi connectivity index (χ1n) is 21.2. The molecule has 0 aromatic heterocycles. The number of nitrogens with two attached hydrogens (primary N) is 3. The van der Waals surface area contributed by atoms with Crippen LogP contribution >= 0.6 is 0 Å². The lowest BCUT2D eigenvalue weighted by atomic mass is 9.95. The van der Waals surface area contributed by atoms with E-state index in [4.69, 9.17) is 11.5 Å². The molecule has 11 N–H and O–H groups in total. The van der Waals surface area contributed by atoms with Gasteiger partial charge in [-0.05, 0) is 97.0 Å². The molecule has 0 radical (unpaired) electrons. The van der Waals surface area contributed by atoms with Crippen molar-refractivity contribution in [2.45, 2.75) is 75.5 Å². The van der Waals surface area contributed by atoms with Crippen LogP contribution in [0.5, 0.6) is 0 Å². The number of primary amides is 1. The van der Waals surface area contributed by atoms with E-state index in [1.54, 1.807) is 0 Å². The highest BCUT2D eigenvalue weighted by Gasteiger charge is 2.33. The molecule has 13 heteroatoms. The molecule has 0 bridgehead atoms. The van der Waals surface area contributed by atoms with E-state index in [0.29, 0.717) is 51.7 Å². The maximum atomic E-state index is 14.6. The van der Waals surface area contributed by atoms with Crippen LogP contribution in [-0.4, -0.2) is 80.4 Å². The van der Waals surface area contributed by atoms with Crippen molar-refractivity contribution in [1.82, 2.24) is 26.6 Å². The molecule has 5 aromatic rings. The number of hydrogen-bond acceptors (Lipinski definition) is 8. The van der Waals surface area contributed by atoms with Crippen LogP contribution in [0, 0.1) is 5.92 Å². The number of rotatable bonds is 19. The van der Waals surface area contributed by atoms with Gasteiger partial charge in [-0.1, -0.05) is 115 Å². The highest BCUT2D eigenvalue weighted by molar-refractivity contribution is 5.96. The number of fused-ring (bicyclic) bond motifs is 2. The Morgan fingerprint density at radius 2 is 1.00 bits per heavy atom. The van der Waals surface area contributed by atoms with E-state index < -0.39 is 47.8 Å². The quantitative estimate of drug-likeness (QED) is 0.0577. The molecule has 5 amide bonds. The summed E-state index contributed by atoms with van der Waals surface area (Å²) in [5, 5.41) is 19.0. The first-order valence-corrected chi connectivity index (χ1v) is 21.2. The highest BCUT2D eigenvalue weighted by Crippen LogP contribution is 2.20. The van der Waals surface area contributed by atoms with Gasteiger partial charge in [0.1, 0.15) is 24.2 Å². The van der Waals surface area contributed by atoms with Gasteiger partial charge in [-0.15, -0.1) is 0 Å². The minimum atomic E-state index is -1.15. The van der Waals surface area contributed by atoms with Crippen molar-refractivity contribution in [3.63, 3.8) is 0 Å². The predicted molar refractivity (Wildman–Crippen MR) is 241 cm³/mol. The van der Waals surface area contributed by atoms with E-state index in [2.05, 4.69) is 32.3 Å². The number of nitrogens with one attached hydrogen (secondary N) is 5. The van der Waals surface area contributed by atoms with Crippen molar-refractivity contribution in [1.29, 1.82) is 0 Å². The zero-order chi connectivity index (χ0) is 43.6. The van der Waals surface area contributed by atoms with Gasteiger partial charge in [-0.25, -0.2) is 0 Å². The normalized spacial score (nSPS) is 14.7. The number of carbonyl (C=O) groups excluding carboxylic acids is 5. The van der Waals surface area contributed by atoms with Crippen LogP contribution in [0.2, 0.25) is 0 Å². The fourth-order valence-electron chi connectivity index (χ4n) is 7.65. The predicted octanol–water partition coefficient (Wildman–Crippen LogP) is 3.15. The molecule has 0 unspecified atom stereocenters. The Labute approximate surface area is 358 Å². The fraction of sp³-hybridized carbons (Fsp3) is 0.354. The highest BCUT2D eigenvalue weighted by atomic mass is 16.2. The van der Waals surface area contributed by atoms with Crippen molar-refractivity contribution in [3.8, 4) is 0 Å². The molecule has 6 rings (SSSR count). The summed E-state index contributed by atoms with van der Waals surface area (Å²) >= 11 is 0. The third-order valence-corrected chi connectivity index (χ3v) is 11.0. The minimum Gasteiger partial charge on any atom is -0.368 e. The van der Waals surface area contributed by atoms with Crippen LogP contribution in [0.1, 0.15) is 48.8 Å². The summed E-state index contributed by atoms with van der Waals surface area (Å²) in [6.07, 6.45) is 3.22. The van der Waals surface area contributed by atoms with Crippen LogP contribution in [-0.2, 0) is 43.2 Å². The second-order valence-corrected chi connectivity index (χ2v) is 15.4. The zero-order valence-corrected chi connectivity index (χ0v) is 34.9. The summed E-state index contributed by atoms with van der Waals surface area (Å²) < 4.78 is 0. The van der Waals surface area contributed by atoms with Crippen LogP contribution in [0.15, 0.2) is 115 Å². The summed E-state index contributed by atoms with van der Waals surface area (Å²) in [6.45, 7) is 1.85. The Morgan fingerprint density at radius 1 is 0.557 bits per heavy atom. The Morgan fingerprint density at radius 3 is 1.49 bits per heavy atom. The topological polar surface area (TPSA) is 224 Å². The molecule has 0 aliphatic carbocycles. The van der Waals surface area contributed by atoms with E-state index in [0.717, 1.165) is 38.2 Å². The number of unbranched alkanes of at least 4 members (excludes halogenated alkanes) is 1. The third kappa shape index (κ3) is 13.7. The van der Waals surface area contributed by atoms with Crippen molar-refractivity contribution in [2.24, 2.45) is 23.1 Å². The van der Waals surface area contributed by atoms with Gasteiger partial charge in [0.2, 0.25) is 29.5 Å². The number of carbonyl (C=O) groups is 5. The third-order valence-electron chi connectivity index (χ3n) is 11.0. The standard InChI is InChI=1S/C47H55N7O5.CH5N/c48-23-9-8-16-39(43(49)55)51-45(57)40(28-31-10-2-1-3-11-31)53-47(59)42(30-33-18-20-35-13-5-7-15-38(35)27-33)54-46(58)41(52-44(56)36-21-24-50-25-22-36)29-32-17-19-34-12-4-6-14-37(34)26-32;1-2/h1-7,10-15,17-20,26-27,36,39-42,50H,8-9,16,21-25,28-30,48H2,(H2,49,55)(H,51,57)(H,52,56)(H,53,59)(H,54,58);2H2,1H3/t39-,40-,41+,42+;/m0./s1. The van der Waals surface area contributed by atoms with Gasteiger partial charge >= 0.3 is 0 Å². The first-order chi connectivity index (χ1) is 29.7.